The summed E-state index contributed by atoms with van der Waals surface area (Å²) in [6.07, 6.45) is 2.09. The van der Waals surface area contributed by atoms with Crippen molar-refractivity contribution < 1.29 is 17.4 Å². The number of benzene rings is 1. The average molecular weight is 308 g/mol. The number of carbonyl (C=O) groups excluding carboxylic acids is 1. The molecule has 2 atom stereocenters. The standard InChI is InChI=1S/C16H20O4S/c1-15(2)12-8-9-16(15,14(17)10-12)11-21(18,19)20-13-6-4-3-5-7-13/h3-7,12H,8-11H2,1-2H3/t12-,16-/m1/s1. The quantitative estimate of drug-likeness (QED) is 0.803. The van der Waals surface area contributed by atoms with Crippen molar-refractivity contribution >= 4 is 15.9 Å². The summed E-state index contributed by atoms with van der Waals surface area (Å²) in [6, 6.07) is 8.45. The van der Waals surface area contributed by atoms with Crippen molar-refractivity contribution in [2.75, 3.05) is 5.75 Å². The monoisotopic (exact) mass is 308 g/mol. The van der Waals surface area contributed by atoms with Crippen LogP contribution in [0.2, 0.25) is 0 Å². The molecule has 0 unspecified atom stereocenters. The zero-order valence-electron chi connectivity index (χ0n) is 12.3. The van der Waals surface area contributed by atoms with E-state index in [-0.39, 0.29) is 17.0 Å². The van der Waals surface area contributed by atoms with Gasteiger partial charge >= 0.3 is 10.1 Å². The third-order valence-electron chi connectivity index (χ3n) is 5.53. The first kappa shape index (κ1) is 14.6. The Morgan fingerprint density at radius 1 is 1.24 bits per heavy atom. The summed E-state index contributed by atoms with van der Waals surface area (Å²) in [5.41, 5.74) is -1.04. The molecule has 0 spiro atoms. The van der Waals surface area contributed by atoms with Crippen LogP contribution >= 0.6 is 0 Å². The van der Waals surface area contributed by atoms with E-state index in [2.05, 4.69) is 0 Å². The van der Waals surface area contributed by atoms with E-state index in [1.54, 1.807) is 30.3 Å². The van der Waals surface area contributed by atoms with Gasteiger partial charge in [-0.15, -0.1) is 0 Å². The molecule has 3 rings (SSSR count). The summed E-state index contributed by atoms with van der Waals surface area (Å²) in [5, 5.41) is 0. The van der Waals surface area contributed by atoms with E-state index in [0.29, 0.717) is 24.5 Å². The highest BCUT2D eigenvalue weighted by atomic mass is 32.2. The summed E-state index contributed by atoms with van der Waals surface area (Å²) < 4.78 is 30.0. The molecule has 2 saturated carbocycles. The summed E-state index contributed by atoms with van der Waals surface area (Å²) >= 11 is 0. The van der Waals surface area contributed by atoms with Crippen molar-refractivity contribution in [3.05, 3.63) is 30.3 Å². The lowest BCUT2D eigenvalue weighted by atomic mass is 9.70. The molecular formula is C16H20O4S. The Balaban J connectivity index is 1.87. The molecule has 0 heterocycles. The molecule has 4 nitrogen and oxygen atoms in total. The Morgan fingerprint density at radius 2 is 1.90 bits per heavy atom. The van der Waals surface area contributed by atoms with E-state index in [1.165, 1.54) is 0 Å². The van der Waals surface area contributed by atoms with E-state index in [1.807, 2.05) is 13.8 Å². The molecule has 0 aliphatic heterocycles. The normalized spacial score (nSPS) is 30.6. The molecule has 0 radical (unpaired) electrons. The van der Waals surface area contributed by atoms with Gasteiger partial charge in [0.2, 0.25) is 0 Å². The highest BCUT2D eigenvalue weighted by molar-refractivity contribution is 7.87. The van der Waals surface area contributed by atoms with Gasteiger partial charge in [0, 0.05) is 6.42 Å². The second-order valence-electron chi connectivity index (χ2n) is 6.77. The second-order valence-corrected chi connectivity index (χ2v) is 8.34. The van der Waals surface area contributed by atoms with Crippen LogP contribution in [0.25, 0.3) is 0 Å². The molecule has 0 N–H and O–H groups in total. The SMILES string of the molecule is CC1(C)[C@@H]2CC[C@@]1(CS(=O)(=O)Oc1ccccc1)C(=O)C2. The summed E-state index contributed by atoms with van der Waals surface area (Å²) in [4.78, 5) is 12.4. The lowest BCUT2D eigenvalue weighted by molar-refractivity contribution is -0.128. The van der Waals surface area contributed by atoms with Gasteiger partial charge in [-0.25, -0.2) is 0 Å². The van der Waals surface area contributed by atoms with E-state index >= 15 is 0 Å². The minimum Gasteiger partial charge on any atom is -0.382 e. The number of rotatable bonds is 4. The Kier molecular flexibility index (Phi) is 3.17. The summed E-state index contributed by atoms with van der Waals surface area (Å²) in [5.74, 6) is 0.477. The fourth-order valence-corrected chi connectivity index (χ4v) is 5.81. The van der Waals surface area contributed by atoms with Crippen LogP contribution < -0.4 is 4.18 Å². The third-order valence-corrected chi connectivity index (χ3v) is 6.82. The first-order valence-corrected chi connectivity index (χ1v) is 8.85. The topological polar surface area (TPSA) is 60.4 Å². The van der Waals surface area contributed by atoms with Crippen molar-refractivity contribution in [1.29, 1.82) is 0 Å². The van der Waals surface area contributed by atoms with Crippen LogP contribution in [0.5, 0.6) is 5.75 Å². The summed E-state index contributed by atoms with van der Waals surface area (Å²) in [7, 11) is -3.79. The van der Waals surface area contributed by atoms with Crippen molar-refractivity contribution in [3.63, 3.8) is 0 Å². The predicted molar refractivity (Wildman–Crippen MR) is 79.4 cm³/mol. The number of hydrogen-bond acceptors (Lipinski definition) is 4. The van der Waals surface area contributed by atoms with Gasteiger partial charge in [-0.3, -0.25) is 4.79 Å². The number of Topliss-reactive ketones (excluding diaryl/α,β-unsaturated/α-hetero) is 1. The lowest BCUT2D eigenvalue weighted by Gasteiger charge is -2.35. The van der Waals surface area contributed by atoms with Crippen LogP contribution in [0.4, 0.5) is 0 Å². The van der Waals surface area contributed by atoms with Crippen molar-refractivity contribution in [1.82, 2.24) is 0 Å². The minimum atomic E-state index is -3.79. The number of carbonyl (C=O) groups is 1. The van der Waals surface area contributed by atoms with Crippen LogP contribution in [0.3, 0.4) is 0 Å². The minimum absolute atomic E-state index is 0.0870. The van der Waals surface area contributed by atoms with Gasteiger partial charge in [-0.1, -0.05) is 32.0 Å². The molecule has 2 bridgehead atoms. The van der Waals surface area contributed by atoms with Crippen LogP contribution in [0.15, 0.2) is 30.3 Å². The van der Waals surface area contributed by atoms with Gasteiger partial charge in [0.15, 0.2) is 0 Å². The molecule has 2 fully saturated rings. The molecule has 1 aromatic rings. The van der Waals surface area contributed by atoms with Crippen molar-refractivity contribution in [2.24, 2.45) is 16.7 Å². The first-order chi connectivity index (χ1) is 9.77. The number of ketones is 1. The number of hydrogen-bond donors (Lipinski definition) is 0. The van der Waals surface area contributed by atoms with Gasteiger partial charge in [0.05, 0.1) is 11.2 Å². The van der Waals surface area contributed by atoms with Gasteiger partial charge in [-0.05, 0) is 36.3 Å². The molecule has 2 aliphatic rings. The maximum absolute atomic E-state index is 12.4. The van der Waals surface area contributed by atoms with E-state index in [9.17, 15) is 13.2 Å². The molecule has 5 heteroatoms. The molecule has 2 aliphatic carbocycles. The second kappa shape index (κ2) is 4.57. The number of fused-ring (bicyclic) bond motifs is 2. The third kappa shape index (κ3) is 2.18. The number of para-hydroxylation sites is 1. The Labute approximate surface area is 125 Å². The zero-order chi connectivity index (χ0) is 15.3. The van der Waals surface area contributed by atoms with Crippen LogP contribution in [0, 0.1) is 16.7 Å². The van der Waals surface area contributed by atoms with E-state index in [4.69, 9.17) is 4.18 Å². The first-order valence-electron chi connectivity index (χ1n) is 7.27. The maximum atomic E-state index is 12.4. The maximum Gasteiger partial charge on any atom is 0.310 e. The largest absolute Gasteiger partial charge is 0.382 e. The predicted octanol–water partition coefficient (Wildman–Crippen LogP) is 2.79. The van der Waals surface area contributed by atoms with Gasteiger partial charge in [0.25, 0.3) is 0 Å². The van der Waals surface area contributed by atoms with Crippen molar-refractivity contribution in [3.8, 4) is 5.75 Å². The summed E-state index contributed by atoms with van der Waals surface area (Å²) in [6.45, 7) is 4.04. The van der Waals surface area contributed by atoms with Crippen molar-refractivity contribution in [2.45, 2.75) is 33.1 Å². The van der Waals surface area contributed by atoms with Crippen LogP contribution in [0.1, 0.15) is 33.1 Å². The fourth-order valence-electron chi connectivity index (χ4n) is 4.06. The molecule has 0 amide bonds. The fraction of sp³-hybridized carbons (Fsp3) is 0.562. The molecule has 114 valence electrons. The average Bonchev–Trinajstić information content (AvgIpc) is 2.72. The smallest absolute Gasteiger partial charge is 0.310 e. The van der Waals surface area contributed by atoms with E-state index in [0.717, 1.165) is 6.42 Å². The van der Waals surface area contributed by atoms with Gasteiger partial charge in [-0.2, -0.15) is 8.42 Å². The molecule has 21 heavy (non-hydrogen) atoms. The van der Waals surface area contributed by atoms with Crippen LogP contribution in [-0.2, 0) is 14.9 Å². The lowest BCUT2D eigenvalue weighted by Crippen LogP contribution is -2.43. The highest BCUT2D eigenvalue weighted by Gasteiger charge is 2.65. The molecule has 1 aromatic carbocycles. The highest BCUT2D eigenvalue weighted by Crippen LogP contribution is 2.64. The molecular weight excluding hydrogens is 288 g/mol. The Hall–Kier alpha value is -1.36. The Morgan fingerprint density at radius 3 is 2.43 bits per heavy atom. The van der Waals surface area contributed by atoms with Gasteiger partial charge in [0.1, 0.15) is 11.5 Å². The molecule has 0 aromatic heterocycles. The van der Waals surface area contributed by atoms with E-state index < -0.39 is 15.5 Å². The zero-order valence-corrected chi connectivity index (χ0v) is 13.2. The molecule has 0 saturated heterocycles. The van der Waals surface area contributed by atoms with Crippen LogP contribution in [-0.4, -0.2) is 20.0 Å². The Bertz CT molecular complexity index is 663. The van der Waals surface area contributed by atoms with Gasteiger partial charge < -0.3 is 4.18 Å².